The van der Waals surface area contributed by atoms with Crippen LogP contribution >= 0.6 is 0 Å². The molecular formula is C24H22N4. The van der Waals surface area contributed by atoms with Gasteiger partial charge in [-0.2, -0.15) is 0 Å². The smallest absolute Gasteiger partial charge is 0.137 e. The number of imidazole rings is 2. The molecule has 1 unspecified atom stereocenters. The summed E-state index contributed by atoms with van der Waals surface area (Å²) in [5.41, 5.74) is 8.76. The summed E-state index contributed by atoms with van der Waals surface area (Å²) in [6.07, 6.45) is 2.11. The average molecular weight is 366 g/mol. The normalized spacial score (nSPS) is 12.7. The second kappa shape index (κ2) is 6.34. The van der Waals surface area contributed by atoms with Gasteiger partial charge in [0.25, 0.3) is 0 Å². The van der Waals surface area contributed by atoms with Crippen LogP contribution in [0.15, 0.2) is 66.9 Å². The summed E-state index contributed by atoms with van der Waals surface area (Å²) < 4.78 is 2.19. The van der Waals surface area contributed by atoms with Gasteiger partial charge < -0.3 is 9.38 Å². The minimum Gasteiger partial charge on any atom is -0.341 e. The molecule has 0 fully saturated rings. The summed E-state index contributed by atoms with van der Waals surface area (Å²) in [7, 11) is 0. The van der Waals surface area contributed by atoms with Crippen molar-refractivity contribution in [2.75, 3.05) is 0 Å². The van der Waals surface area contributed by atoms with Gasteiger partial charge in [-0.1, -0.05) is 42.0 Å². The maximum Gasteiger partial charge on any atom is 0.137 e. The molecule has 0 aliphatic carbocycles. The van der Waals surface area contributed by atoms with Gasteiger partial charge in [0.05, 0.1) is 28.3 Å². The zero-order valence-corrected chi connectivity index (χ0v) is 16.3. The van der Waals surface area contributed by atoms with Crippen molar-refractivity contribution < 1.29 is 0 Å². The van der Waals surface area contributed by atoms with E-state index in [1.807, 2.05) is 18.2 Å². The Balaban J connectivity index is 1.74. The third-order valence-electron chi connectivity index (χ3n) is 5.37. The van der Waals surface area contributed by atoms with Crippen molar-refractivity contribution >= 4 is 16.7 Å². The topological polar surface area (TPSA) is 46.0 Å². The van der Waals surface area contributed by atoms with E-state index in [2.05, 4.69) is 78.8 Å². The summed E-state index contributed by atoms with van der Waals surface area (Å²) in [4.78, 5) is 13.3. The Morgan fingerprint density at radius 1 is 0.893 bits per heavy atom. The number of rotatable bonds is 3. The molecule has 4 nitrogen and oxygen atoms in total. The molecule has 0 aliphatic rings. The van der Waals surface area contributed by atoms with E-state index >= 15 is 0 Å². The number of para-hydroxylation sites is 2. The van der Waals surface area contributed by atoms with Gasteiger partial charge >= 0.3 is 0 Å². The van der Waals surface area contributed by atoms with Crippen molar-refractivity contribution in [1.82, 2.24) is 19.4 Å². The Bertz CT molecular complexity index is 1260. The Labute approximate surface area is 163 Å². The summed E-state index contributed by atoms with van der Waals surface area (Å²) in [6, 6.07) is 21.0. The number of hydrogen-bond acceptors (Lipinski definition) is 2. The molecule has 4 heteroatoms. The molecule has 3 heterocycles. The molecule has 28 heavy (non-hydrogen) atoms. The van der Waals surface area contributed by atoms with Crippen LogP contribution in [0.5, 0.6) is 0 Å². The summed E-state index contributed by atoms with van der Waals surface area (Å²) in [5.74, 6) is 1.03. The van der Waals surface area contributed by atoms with Gasteiger partial charge in [0.1, 0.15) is 11.5 Å². The fraction of sp³-hybridized carbons (Fsp3) is 0.167. The van der Waals surface area contributed by atoms with Gasteiger partial charge in [-0.25, -0.2) is 9.97 Å². The van der Waals surface area contributed by atoms with E-state index in [1.165, 1.54) is 11.1 Å². The fourth-order valence-corrected chi connectivity index (χ4v) is 3.81. The van der Waals surface area contributed by atoms with Crippen LogP contribution in [0.25, 0.3) is 27.9 Å². The highest BCUT2D eigenvalue weighted by atomic mass is 15.0. The number of aromatic nitrogens is 4. The van der Waals surface area contributed by atoms with E-state index in [4.69, 9.17) is 9.97 Å². The second-order valence-electron chi connectivity index (χ2n) is 7.50. The number of benzene rings is 2. The van der Waals surface area contributed by atoms with Gasteiger partial charge in [-0.15, -0.1) is 0 Å². The third kappa shape index (κ3) is 2.69. The second-order valence-corrected chi connectivity index (χ2v) is 7.50. The first-order valence-electron chi connectivity index (χ1n) is 9.60. The standard InChI is InChI=1S/C24H22N4/c1-15-8-10-18(11-9-15)22-23(28-13-12-16(2)14-21(28)27-22)17(3)24-25-19-6-4-5-7-20(19)26-24/h4-14,17H,1-3H3,(H,25,26). The molecule has 0 spiro atoms. The number of fused-ring (bicyclic) bond motifs is 2. The lowest BCUT2D eigenvalue weighted by Gasteiger charge is -2.12. The Morgan fingerprint density at radius 3 is 2.46 bits per heavy atom. The van der Waals surface area contributed by atoms with Crippen molar-refractivity contribution in [2.24, 2.45) is 0 Å². The predicted octanol–water partition coefficient (Wildman–Crippen LogP) is 5.65. The third-order valence-corrected chi connectivity index (χ3v) is 5.37. The number of hydrogen-bond donors (Lipinski definition) is 1. The lowest BCUT2D eigenvalue weighted by molar-refractivity contribution is 0.800. The number of aryl methyl sites for hydroxylation is 2. The van der Waals surface area contributed by atoms with Gasteiger partial charge in [0.2, 0.25) is 0 Å². The van der Waals surface area contributed by atoms with Gasteiger partial charge in [-0.3, -0.25) is 0 Å². The van der Waals surface area contributed by atoms with Gasteiger partial charge in [0.15, 0.2) is 0 Å². The van der Waals surface area contributed by atoms with Crippen LogP contribution in [0.4, 0.5) is 0 Å². The summed E-state index contributed by atoms with van der Waals surface area (Å²) in [6.45, 7) is 6.40. The average Bonchev–Trinajstić information content (AvgIpc) is 3.29. The van der Waals surface area contributed by atoms with Crippen molar-refractivity contribution in [2.45, 2.75) is 26.7 Å². The minimum absolute atomic E-state index is 0.0707. The van der Waals surface area contributed by atoms with Crippen LogP contribution < -0.4 is 0 Å². The van der Waals surface area contributed by atoms with E-state index in [-0.39, 0.29) is 5.92 Å². The van der Waals surface area contributed by atoms with Crippen molar-refractivity contribution in [3.05, 3.63) is 89.5 Å². The first kappa shape index (κ1) is 16.8. The van der Waals surface area contributed by atoms with Crippen molar-refractivity contribution in [3.63, 3.8) is 0 Å². The Morgan fingerprint density at radius 2 is 1.68 bits per heavy atom. The lowest BCUT2D eigenvalue weighted by atomic mass is 10.00. The first-order valence-corrected chi connectivity index (χ1v) is 9.60. The number of pyridine rings is 1. The van der Waals surface area contributed by atoms with Gasteiger partial charge in [-0.05, 0) is 50.6 Å². The monoisotopic (exact) mass is 366 g/mol. The molecule has 0 aliphatic heterocycles. The highest BCUT2D eigenvalue weighted by Crippen LogP contribution is 2.33. The lowest BCUT2D eigenvalue weighted by Crippen LogP contribution is -2.04. The highest BCUT2D eigenvalue weighted by molar-refractivity contribution is 5.75. The van der Waals surface area contributed by atoms with Gasteiger partial charge in [0, 0.05) is 11.8 Å². The van der Waals surface area contributed by atoms with E-state index in [0.717, 1.165) is 39.5 Å². The maximum absolute atomic E-state index is 5.00. The first-order chi connectivity index (χ1) is 13.6. The largest absolute Gasteiger partial charge is 0.341 e. The summed E-state index contributed by atoms with van der Waals surface area (Å²) in [5, 5.41) is 0. The van der Waals surface area contributed by atoms with Crippen LogP contribution in [0.1, 0.15) is 35.5 Å². The molecule has 3 aromatic heterocycles. The SMILES string of the molecule is Cc1ccc(-c2nc3cc(C)ccn3c2C(C)c2nc3ccccc3[nH]2)cc1. The molecule has 138 valence electrons. The van der Waals surface area contributed by atoms with E-state index in [9.17, 15) is 0 Å². The molecular weight excluding hydrogens is 344 g/mol. The molecule has 0 radical (unpaired) electrons. The van der Waals surface area contributed by atoms with E-state index < -0.39 is 0 Å². The highest BCUT2D eigenvalue weighted by Gasteiger charge is 2.23. The van der Waals surface area contributed by atoms with E-state index in [0.29, 0.717) is 0 Å². The zero-order chi connectivity index (χ0) is 19.3. The Hall–Kier alpha value is -3.40. The van der Waals surface area contributed by atoms with Crippen LogP contribution in [-0.2, 0) is 0 Å². The van der Waals surface area contributed by atoms with Crippen LogP contribution in [-0.4, -0.2) is 19.4 Å². The Kier molecular flexibility index (Phi) is 3.79. The summed E-state index contributed by atoms with van der Waals surface area (Å²) >= 11 is 0. The number of nitrogens with zero attached hydrogens (tertiary/aromatic N) is 3. The molecule has 5 aromatic rings. The maximum atomic E-state index is 5.00. The fourth-order valence-electron chi connectivity index (χ4n) is 3.81. The van der Waals surface area contributed by atoms with Crippen LogP contribution in [0, 0.1) is 13.8 Å². The molecule has 0 amide bonds. The van der Waals surface area contributed by atoms with Crippen LogP contribution in [0.2, 0.25) is 0 Å². The quantitative estimate of drug-likeness (QED) is 0.449. The number of aromatic amines is 1. The predicted molar refractivity (Wildman–Crippen MR) is 114 cm³/mol. The molecule has 5 rings (SSSR count). The molecule has 1 N–H and O–H groups in total. The van der Waals surface area contributed by atoms with Crippen molar-refractivity contribution in [1.29, 1.82) is 0 Å². The molecule has 2 aromatic carbocycles. The molecule has 0 saturated heterocycles. The van der Waals surface area contributed by atoms with Crippen LogP contribution in [0.3, 0.4) is 0 Å². The zero-order valence-electron chi connectivity index (χ0n) is 16.3. The van der Waals surface area contributed by atoms with Crippen molar-refractivity contribution in [3.8, 4) is 11.3 Å². The number of nitrogens with one attached hydrogen (secondary N) is 1. The minimum atomic E-state index is 0.0707. The van der Waals surface area contributed by atoms with E-state index in [1.54, 1.807) is 0 Å². The number of H-pyrrole nitrogens is 1. The molecule has 0 bridgehead atoms. The molecule has 1 atom stereocenters. The molecule has 0 saturated carbocycles.